The van der Waals surface area contributed by atoms with E-state index in [4.69, 9.17) is 9.53 Å². The summed E-state index contributed by atoms with van der Waals surface area (Å²) in [5.41, 5.74) is 0. The van der Waals surface area contributed by atoms with Crippen molar-refractivity contribution in [3.63, 3.8) is 0 Å². The highest BCUT2D eigenvalue weighted by molar-refractivity contribution is 5.66. The third kappa shape index (κ3) is 7.50. The maximum Gasteiger partial charge on any atom is 0.302 e. The molecule has 76 valence electrons. The van der Waals surface area contributed by atoms with E-state index in [2.05, 4.69) is 0 Å². The standard InChI is InChI=1S/C8H14O2.C2H4O/c1-7(9)10-8-5-3-2-4-6-8;1-2-3/h8H,2-6H2,1H3;2H,1H3. The highest BCUT2D eigenvalue weighted by Gasteiger charge is 2.14. The van der Waals surface area contributed by atoms with Crippen LogP contribution in [0.4, 0.5) is 0 Å². The van der Waals surface area contributed by atoms with Gasteiger partial charge < -0.3 is 9.53 Å². The second-order valence-electron chi connectivity index (χ2n) is 3.11. The van der Waals surface area contributed by atoms with Gasteiger partial charge in [-0.25, -0.2) is 0 Å². The average molecular weight is 186 g/mol. The zero-order chi connectivity index (χ0) is 10.1. The number of ether oxygens (including phenoxy) is 1. The summed E-state index contributed by atoms with van der Waals surface area (Å²) < 4.78 is 5.05. The molecule has 0 saturated heterocycles. The largest absolute Gasteiger partial charge is 0.463 e. The first-order valence-corrected chi connectivity index (χ1v) is 4.77. The summed E-state index contributed by atoms with van der Waals surface area (Å²) in [4.78, 5) is 19.3. The summed E-state index contributed by atoms with van der Waals surface area (Å²) >= 11 is 0. The molecule has 0 atom stereocenters. The fourth-order valence-corrected chi connectivity index (χ4v) is 1.42. The van der Waals surface area contributed by atoms with Gasteiger partial charge in [-0.05, 0) is 32.6 Å². The van der Waals surface area contributed by atoms with Crippen LogP contribution < -0.4 is 0 Å². The lowest BCUT2D eigenvalue weighted by molar-refractivity contribution is -0.147. The van der Waals surface area contributed by atoms with Crippen LogP contribution in [0.5, 0.6) is 0 Å². The number of aldehydes is 1. The number of esters is 1. The fraction of sp³-hybridized carbons (Fsp3) is 0.800. The van der Waals surface area contributed by atoms with Crippen molar-refractivity contribution in [1.29, 1.82) is 0 Å². The molecule has 3 nitrogen and oxygen atoms in total. The number of rotatable bonds is 1. The van der Waals surface area contributed by atoms with Crippen LogP contribution in [-0.2, 0) is 14.3 Å². The minimum absolute atomic E-state index is 0.132. The molecule has 0 N–H and O–H groups in total. The molecule has 0 amide bonds. The van der Waals surface area contributed by atoms with Crippen molar-refractivity contribution in [2.45, 2.75) is 52.1 Å². The normalized spacial score (nSPS) is 16.8. The second kappa shape index (κ2) is 7.77. The van der Waals surface area contributed by atoms with Gasteiger partial charge in [0.25, 0.3) is 0 Å². The van der Waals surface area contributed by atoms with Crippen LogP contribution in [0.3, 0.4) is 0 Å². The number of hydrogen-bond donors (Lipinski definition) is 0. The van der Waals surface area contributed by atoms with Crippen molar-refractivity contribution in [3.8, 4) is 0 Å². The first kappa shape index (κ1) is 12.1. The van der Waals surface area contributed by atoms with E-state index in [9.17, 15) is 4.79 Å². The Balaban J connectivity index is 0.000000424. The van der Waals surface area contributed by atoms with E-state index in [1.807, 2.05) is 0 Å². The van der Waals surface area contributed by atoms with Gasteiger partial charge in [0.2, 0.25) is 0 Å². The molecule has 13 heavy (non-hydrogen) atoms. The molecule has 1 aliphatic carbocycles. The van der Waals surface area contributed by atoms with Gasteiger partial charge in [0, 0.05) is 6.92 Å². The van der Waals surface area contributed by atoms with E-state index in [-0.39, 0.29) is 12.1 Å². The molecule has 0 bridgehead atoms. The molecule has 0 aromatic carbocycles. The predicted molar refractivity (Wildman–Crippen MR) is 50.4 cm³/mol. The Labute approximate surface area is 79.5 Å². The first-order chi connectivity index (χ1) is 6.20. The lowest BCUT2D eigenvalue weighted by atomic mass is 9.98. The van der Waals surface area contributed by atoms with Crippen LogP contribution in [0.15, 0.2) is 0 Å². The summed E-state index contributed by atoms with van der Waals surface area (Å²) in [5.74, 6) is -0.132. The molecular formula is C10H18O3. The van der Waals surface area contributed by atoms with E-state index in [0.29, 0.717) is 0 Å². The van der Waals surface area contributed by atoms with E-state index in [0.717, 1.165) is 19.1 Å². The lowest BCUT2D eigenvalue weighted by Gasteiger charge is -2.20. The molecule has 0 unspecified atom stereocenters. The van der Waals surface area contributed by atoms with Crippen molar-refractivity contribution in [2.75, 3.05) is 0 Å². The van der Waals surface area contributed by atoms with Crippen LogP contribution in [0.1, 0.15) is 46.0 Å². The Morgan fingerprint density at radius 2 is 1.77 bits per heavy atom. The van der Waals surface area contributed by atoms with Crippen LogP contribution in [0, 0.1) is 0 Å². The molecule has 0 aromatic rings. The molecule has 0 heterocycles. The van der Waals surface area contributed by atoms with Gasteiger partial charge in [-0.15, -0.1) is 0 Å². The summed E-state index contributed by atoms with van der Waals surface area (Å²) in [6.45, 7) is 2.93. The minimum Gasteiger partial charge on any atom is -0.463 e. The molecule has 3 heteroatoms. The highest BCUT2D eigenvalue weighted by Crippen LogP contribution is 2.19. The van der Waals surface area contributed by atoms with Gasteiger partial charge in [-0.1, -0.05) is 6.42 Å². The first-order valence-electron chi connectivity index (χ1n) is 4.77. The average Bonchev–Trinajstić information content (AvgIpc) is 2.06. The molecule has 0 aliphatic heterocycles. The van der Waals surface area contributed by atoms with E-state index in [1.54, 1.807) is 0 Å². The molecule has 1 saturated carbocycles. The van der Waals surface area contributed by atoms with Crippen molar-refractivity contribution in [2.24, 2.45) is 0 Å². The number of carbonyl (C=O) groups excluding carboxylic acids is 2. The molecule has 1 aliphatic rings. The Kier molecular flexibility index (Phi) is 7.26. The number of carbonyl (C=O) groups is 2. The third-order valence-corrected chi connectivity index (χ3v) is 1.88. The third-order valence-electron chi connectivity index (χ3n) is 1.88. The Hall–Kier alpha value is -0.860. The topological polar surface area (TPSA) is 43.4 Å². The van der Waals surface area contributed by atoms with Gasteiger partial charge in [0.05, 0.1) is 0 Å². The van der Waals surface area contributed by atoms with Crippen LogP contribution >= 0.6 is 0 Å². The van der Waals surface area contributed by atoms with Crippen molar-refractivity contribution >= 4 is 12.3 Å². The monoisotopic (exact) mass is 186 g/mol. The zero-order valence-electron chi connectivity index (χ0n) is 8.41. The van der Waals surface area contributed by atoms with Crippen molar-refractivity contribution < 1.29 is 14.3 Å². The fourth-order valence-electron chi connectivity index (χ4n) is 1.42. The van der Waals surface area contributed by atoms with Gasteiger partial charge in [0.1, 0.15) is 12.4 Å². The molecule has 0 aromatic heterocycles. The Morgan fingerprint density at radius 1 is 1.31 bits per heavy atom. The smallest absolute Gasteiger partial charge is 0.302 e. The zero-order valence-corrected chi connectivity index (χ0v) is 8.41. The minimum atomic E-state index is -0.132. The maximum atomic E-state index is 10.5. The summed E-state index contributed by atoms with van der Waals surface area (Å²) in [6.07, 6.45) is 6.86. The molecule has 1 rings (SSSR count). The quantitative estimate of drug-likeness (QED) is 0.465. The predicted octanol–water partition coefficient (Wildman–Crippen LogP) is 2.09. The highest BCUT2D eigenvalue weighted by atomic mass is 16.5. The van der Waals surface area contributed by atoms with Crippen molar-refractivity contribution in [3.05, 3.63) is 0 Å². The van der Waals surface area contributed by atoms with Gasteiger partial charge in [-0.3, -0.25) is 4.79 Å². The van der Waals surface area contributed by atoms with Gasteiger partial charge in [-0.2, -0.15) is 0 Å². The molecule has 0 radical (unpaired) electrons. The van der Waals surface area contributed by atoms with Crippen LogP contribution in [0.25, 0.3) is 0 Å². The van der Waals surface area contributed by atoms with Crippen LogP contribution in [0.2, 0.25) is 0 Å². The van der Waals surface area contributed by atoms with Crippen LogP contribution in [-0.4, -0.2) is 18.4 Å². The van der Waals surface area contributed by atoms with E-state index in [1.165, 1.54) is 33.1 Å². The van der Waals surface area contributed by atoms with E-state index < -0.39 is 0 Å². The summed E-state index contributed by atoms with van der Waals surface area (Å²) in [6, 6.07) is 0. The van der Waals surface area contributed by atoms with Crippen molar-refractivity contribution in [1.82, 2.24) is 0 Å². The van der Waals surface area contributed by atoms with Gasteiger partial charge >= 0.3 is 5.97 Å². The summed E-state index contributed by atoms with van der Waals surface area (Å²) in [7, 11) is 0. The molecular weight excluding hydrogens is 168 g/mol. The SMILES string of the molecule is CC(=O)OC1CCCCC1.CC=O. The Morgan fingerprint density at radius 3 is 2.15 bits per heavy atom. The lowest BCUT2D eigenvalue weighted by Crippen LogP contribution is -2.18. The number of hydrogen-bond acceptors (Lipinski definition) is 3. The summed E-state index contributed by atoms with van der Waals surface area (Å²) in [5, 5.41) is 0. The maximum absolute atomic E-state index is 10.5. The molecule has 0 spiro atoms. The Bertz CT molecular complexity index is 148. The van der Waals surface area contributed by atoms with E-state index >= 15 is 0 Å². The second-order valence-corrected chi connectivity index (χ2v) is 3.11. The van der Waals surface area contributed by atoms with Gasteiger partial charge in [0.15, 0.2) is 0 Å². The molecule has 1 fully saturated rings.